The highest BCUT2D eigenvalue weighted by Crippen LogP contribution is 2.25. The Bertz CT molecular complexity index is 801. The molecule has 0 aliphatic carbocycles. The summed E-state index contributed by atoms with van der Waals surface area (Å²) in [7, 11) is 0. The number of benzene rings is 2. The zero-order chi connectivity index (χ0) is 16.8. The molecule has 0 bridgehead atoms. The van der Waals surface area contributed by atoms with Gasteiger partial charge in [-0.15, -0.1) is 5.10 Å². The summed E-state index contributed by atoms with van der Waals surface area (Å²) in [4.78, 5) is 12.1. The highest BCUT2D eigenvalue weighted by atomic mass is 16.5. The Hall–Kier alpha value is -3.15. The molecule has 0 spiro atoms. The van der Waals surface area contributed by atoms with E-state index in [9.17, 15) is 4.79 Å². The van der Waals surface area contributed by atoms with Gasteiger partial charge >= 0.3 is 5.97 Å². The van der Waals surface area contributed by atoms with Crippen molar-refractivity contribution in [3.05, 3.63) is 71.9 Å². The molecule has 0 amide bonds. The second-order valence-corrected chi connectivity index (χ2v) is 5.02. The molecule has 0 radical (unpaired) electrons. The summed E-state index contributed by atoms with van der Waals surface area (Å²) in [6, 6.07) is 19.0. The van der Waals surface area contributed by atoms with Gasteiger partial charge in [0.15, 0.2) is 0 Å². The first-order valence-electron chi connectivity index (χ1n) is 7.65. The fourth-order valence-corrected chi connectivity index (χ4v) is 2.19. The Labute approximate surface area is 139 Å². The van der Waals surface area contributed by atoms with Crippen molar-refractivity contribution in [1.82, 2.24) is 15.0 Å². The van der Waals surface area contributed by atoms with E-state index >= 15 is 0 Å². The Kier molecular flexibility index (Phi) is 4.86. The van der Waals surface area contributed by atoms with E-state index in [-0.39, 0.29) is 18.2 Å². The fourth-order valence-electron chi connectivity index (χ4n) is 2.19. The third kappa shape index (κ3) is 3.60. The van der Waals surface area contributed by atoms with Crippen molar-refractivity contribution in [3.8, 4) is 11.6 Å². The van der Waals surface area contributed by atoms with E-state index in [0.29, 0.717) is 12.3 Å². The van der Waals surface area contributed by atoms with Gasteiger partial charge in [0.05, 0.1) is 13.2 Å². The molecule has 0 saturated carbocycles. The number of nitrogens with zero attached hydrogens (tertiary/aromatic N) is 3. The minimum absolute atomic E-state index is 0.0663. The van der Waals surface area contributed by atoms with Crippen molar-refractivity contribution in [3.63, 3.8) is 0 Å². The van der Waals surface area contributed by atoms with E-state index in [4.69, 9.17) is 9.47 Å². The molecule has 1 heterocycles. The summed E-state index contributed by atoms with van der Waals surface area (Å²) in [6.45, 7) is 2.44. The maximum Gasteiger partial charge on any atom is 0.364 e. The predicted octanol–water partition coefficient (Wildman–Crippen LogP) is 3.30. The lowest BCUT2D eigenvalue weighted by Crippen LogP contribution is -2.08. The average Bonchev–Trinajstić information content (AvgIpc) is 2.99. The van der Waals surface area contributed by atoms with Crippen molar-refractivity contribution in [2.24, 2.45) is 0 Å². The minimum Gasteiger partial charge on any atom is -0.461 e. The monoisotopic (exact) mass is 323 g/mol. The van der Waals surface area contributed by atoms with E-state index < -0.39 is 5.97 Å². The number of hydrogen-bond acceptors (Lipinski definition) is 5. The molecule has 0 aliphatic heterocycles. The Balaban J connectivity index is 1.94. The van der Waals surface area contributed by atoms with Crippen LogP contribution in [0.3, 0.4) is 0 Å². The number of rotatable bonds is 6. The molecule has 122 valence electrons. The minimum atomic E-state index is -0.553. The third-order valence-corrected chi connectivity index (χ3v) is 3.29. The molecule has 0 saturated heterocycles. The van der Waals surface area contributed by atoms with E-state index in [0.717, 1.165) is 5.56 Å². The van der Waals surface area contributed by atoms with Crippen LogP contribution in [-0.2, 0) is 11.3 Å². The molecule has 24 heavy (non-hydrogen) atoms. The van der Waals surface area contributed by atoms with Gasteiger partial charge in [0.1, 0.15) is 5.75 Å². The number of ether oxygens (including phenoxy) is 2. The van der Waals surface area contributed by atoms with Gasteiger partial charge in [0.25, 0.3) is 5.88 Å². The van der Waals surface area contributed by atoms with E-state index in [1.54, 1.807) is 23.7 Å². The maximum atomic E-state index is 12.1. The lowest BCUT2D eigenvalue weighted by Gasteiger charge is -2.09. The molecule has 1 aromatic heterocycles. The normalized spacial score (nSPS) is 10.4. The topological polar surface area (TPSA) is 66.2 Å². The SMILES string of the molecule is CCOC(=O)c1nnn(Cc2ccccc2)c1Oc1ccccc1. The van der Waals surface area contributed by atoms with Crippen LogP contribution >= 0.6 is 0 Å². The van der Waals surface area contributed by atoms with Gasteiger partial charge in [-0.3, -0.25) is 0 Å². The second-order valence-electron chi connectivity index (χ2n) is 5.02. The summed E-state index contributed by atoms with van der Waals surface area (Å²) >= 11 is 0. The van der Waals surface area contributed by atoms with Crippen molar-refractivity contribution in [2.45, 2.75) is 13.5 Å². The molecule has 0 unspecified atom stereocenters. The van der Waals surface area contributed by atoms with Crippen LogP contribution in [-0.4, -0.2) is 27.6 Å². The molecular weight excluding hydrogens is 306 g/mol. The zero-order valence-corrected chi connectivity index (χ0v) is 13.3. The number of esters is 1. The summed E-state index contributed by atoms with van der Waals surface area (Å²) in [5, 5.41) is 7.99. The van der Waals surface area contributed by atoms with Crippen molar-refractivity contribution in [2.75, 3.05) is 6.61 Å². The van der Waals surface area contributed by atoms with Gasteiger partial charge in [-0.2, -0.15) is 0 Å². The van der Waals surface area contributed by atoms with Crippen molar-refractivity contribution in [1.29, 1.82) is 0 Å². The maximum absolute atomic E-state index is 12.1. The van der Waals surface area contributed by atoms with Gasteiger partial charge in [0.2, 0.25) is 5.69 Å². The molecule has 0 atom stereocenters. The fraction of sp³-hybridized carbons (Fsp3) is 0.167. The number of carbonyl (C=O) groups excluding carboxylic acids is 1. The van der Waals surface area contributed by atoms with Gasteiger partial charge in [-0.25, -0.2) is 9.48 Å². The Morgan fingerprint density at radius 1 is 1.04 bits per heavy atom. The van der Waals surface area contributed by atoms with Crippen LogP contribution < -0.4 is 4.74 Å². The quantitative estimate of drug-likeness (QED) is 0.651. The molecule has 3 rings (SSSR count). The van der Waals surface area contributed by atoms with Gasteiger partial charge < -0.3 is 9.47 Å². The summed E-state index contributed by atoms with van der Waals surface area (Å²) < 4.78 is 12.4. The lowest BCUT2D eigenvalue weighted by molar-refractivity contribution is 0.0516. The molecule has 6 heteroatoms. The summed E-state index contributed by atoms with van der Waals surface area (Å²) in [5.74, 6) is 0.311. The summed E-state index contributed by atoms with van der Waals surface area (Å²) in [6.07, 6.45) is 0. The summed E-state index contributed by atoms with van der Waals surface area (Å²) in [5.41, 5.74) is 1.09. The van der Waals surface area contributed by atoms with Gasteiger partial charge in [-0.1, -0.05) is 53.7 Å². The van der Waals surface area contributed by atoms with Crippen molar-refractivity contribution >= 4 is 5.97 Å². The number of para-hydroxylation sites is 1. The number of hydrogen-bond donors (Lipinski definition) is 0. The van der Waals surface area contributed by atoms with Crippen LogP contribution in [0.25, 0.3) is 0 Å². The standard InChI is InChI=1S/C18H17N3O3/c1-2-23-18(22)16-17(24-15-11-7-4-8-12-15)21(20-19-16)13-14-9-5-3-6-10-14/h3-12H,2,13H2,1H3. The average molecular weight is 323 g/mol. The molecule has 0 aliphatic rings. The van der Waals surface area contributed by atoms with Crippen LogP contribution in [0.4, 0.5) is 0 Å². The van der Waals surface area contributed by atoms with Crippen LogP contribution in [0.15, 0.2) is 60.7 Å². The van der Waals surface area contributed by atoms with E-state index in [1.165, 1.54) is 0 Å². The first-order valence-corrected chi connectivity index (χ1v) is 7.65. The van der Waals surface area contributed by atoms with Crippen LogP contribution in [0.2, 0.25) is 0 Å². The van der Waals surface area contributed by atoms with Crippen molar-refractivity contribution < 1.29 is 14.3 Å². The first-order chi connectivity index (χ1) is 11.8. The van der Waals surface area contributed by atoms with Gasteiger partial charge in [-0.05, 0) is 24.6 Å². The van der Waals surface area contributed by atoms with Crippen LogP contribution in [0, 0.1) is 0 Å². The van der Waals surface area contributed by atoms with E-state index in [1.807, 2.05) is 48.5 Å². The molecule has 3 aromatic rings. The highest BCUT2D eigenvalue weighted by Gasteiger charge is 2.23. The van der Waals surface area contributed by atoms with Crippen LogP contribution in [0.1, 0.15) is 23.0 Å². The predicted molar refractivity (Wildman–Crippen MR) is 88.0 cm³/mol. The molecule has 6 nitrogen and oxygen atoms in total. The van der Waals surface area contributed by atoms with E-state index in [2.05, 4.69) is 10.3 Å². The second kappa shape index (κ2) is 7.41. The molecular formula is C18H17N3O3. The number of aromatic nitrogens is 3. The Morgan fingerprint density at radius 3 is 2.38 bits per heavy atom. The third-order valence-electron chi connectivity index (χ3n) is 3.29. The zero-order valence-electron chi connectivity index (χ0n) is 13.3. The smallest absolute Gasteiger partial charge is 0.364 e. The van der Waals surface area contributed by atoms with Gasteiger partial charge in [0, 0.05) is 0 Å². The number of carbonyl (C=O) groups is 1. The molecule has 0 fully saturated rings. The first kappa shape index (κ1) is 15.7. The van der Waals surface area contributed by atoms with Crippen LogP contribution in [0.5, 0.6) is 11.6 Å². The largest absolute Gasteiger partial charge is 0.461 e. The molecule has 2 aromatic carbocycles. The molecule has 0 N–H and O–H groups in total. The Morgan fingerprint density at radius 2 is 1.71 bits per heavy atom. The lowest BCUT2D eigenvalue weighted by atomic mass is 10.2. The highest BCUT2D eigenvalue weighted by molar-refractivity contribution is 5.89.